The lowest BCUT2D eigenvalue weighted by Crippen LogP contribution is -2.43. The molecule has 0 aliphatic rings. The molecule has 1 N–H and O–H groups in total. The van der Waals surface area contributed by atoms with Crippen molar-refractivity contribution >= 4 is 10.0 Å². The molecule has 0 aliphatic carbocycles. The molecule has 0 rings (SSSR count). The molecule has 0 aromatic carbocycles. The van der Waals surface area contributed by atoms with Crippen molar-refractivity contribution in [3.8, 4) is 0 Å². The summed E-state index contributed by atoms with van der Waals surface area (Å²) in [5.41, 5.74) is 0. The van der Waals surface area contributed by atoms with Gasteiger partial charge >= 0.3 is 0 Å². The number of unbranched alkanes of at least 4 members (excludes halogenated alkanes) is 1. The average Bonchev–Trinajstić information content (AvgIpc) is 2.26. The van der Waals surface area contributed by atoms with Crippen molar-refractivity contribution in [2.45, 2.75) is 58.8 Å². The van der Waals surface area contributed by atoms with E-state index in [0.29, 0.717) is 25.7 Å². The van der Waals surface area contributed by atoms with Gasteiger partial charge < -0.3 is 5.32 Å². The first kappa shape index (κ1) is 16.9. The van der Waals surface area contributed by atoms with Crippen LogP contribution in [0.5, 0.6) is 0 Å². The molecule has 4 nitrogen and oxygen atoms in total. The summed E-state index contributed by atoms with van der Waals surface area (Å²) in [6, 6.07) is 0.318. The second-order valence-electron chi connectivity index (χ2n) is 4.76. The van der Waals surface area contributed by atoms with Crippen LogP contribution in [0.25, 0.3) is 0 Å². The monoisotopic (exact) mass is 264 g/mol. The third-order valence-corrected chi connectivity index (χ3v) is 5.14. The Balaban J connectivity index is 4.49. The van der Waals surface area contributed by atoms with Crippen molar-refractivity contribution in [3.05, 3.63) is 0 Å². The molecular formula is C12H28N2O2S. The van der Waals surface area contributed by atoms with E-state index < -0.39 is 10.0 Å². The van der Waals surface area contributed by atoms with Crippen LogP contribution in [0, 0.1) is 0 Å². The summed E-state index contributed by atoms with van der Waals surface area (Å²) in [6.07, 6.45) is 1.95. The van der Waals surface area contributed by atoms with Gasteiger partial charge in [-0.15, -0.1) is 0 Å². The number of nitrogens with one attached hydrogen (secondary N) is 1. The molecule has 1 unspecified atom stereocenters. The minimum atomic E-state index is -3.15. The summed E-state index contributed by atoms with van der Waals surface area (Å²) < 4.78 is 26.1. The molecule has 0 heterocycles. The molecule has 0 amide bonds. The zero-order chi connectivity index (χ0) is 13.5. The van der Waals surface area contributed by atoms with Gasteiger partial charge in [0, 0.05) is 25.7 Å². The number of sulfonamides is 1. The Morgan fingerprint density at radius 2 is 1.76 bits per heavy atom. The Morgan fingerprint density at radius 1 is 1.18 bits per heavy atom. The zero-order valence-corrected chi connectivity index (χ0v) is 12.7. The van der Waals surface area contributed by atoms with E-state index in [1.54, 1.807) is 11.2 Å². The third-order valence-electron chi connectivity index (χ3n) is 2.80. The van der Waals surface area contributed by atoms with Gasteiger partial charge in [-0.05, 0) is 13.3 Å². The summed E-state index contributed by atoms with van der Waals surface area (Å²) in [4.78, 5) is 0. The van der Waals surface area contributed by atoms with Crippen LogP contribution in [-0.2, 0) is 10.0 Å². The molecule has 0 bridgehead atoms. The van der Waals surface area contributed by atoms with Crippen LogP contribution in [0.2, 0.25) is 0 Å². The fourth-order valence-electron chi connectivity index (χ4n) is 1.56. The van der Waals surface area contributed by atoms with Crippen molar-refractivity contribution < 1.29 is 8.42 Å². The van der Waals surface area contributed by atoms with Crippen molar-refractivity contribution in [1.29, 1.82) is 0 Å². The fraction of sp³-hybridized carbons (Fsp3) is 1.00. The van der Waals surface area contributed by atoms with Gasteiger partial charge in [0.15, 0.2) is 0 Å². The number of nitrogens with zero attached hydrogens (tertiary/aromatic N) is 1. The minimum Gasteiger partial charge on any atom is -0.313 e. The fourth-order valence-corrected chi connectivity index (χ4v) is 3.12. The summed E-state index contributed by atoms with van der Waals surface area (Å²) in [6.45, 7) is 11.5. The van der Waals surface area contributed by atoms with E-state index in [1.165, 1.54) is 0 Å². The van der Waals surface area contributed by atoms with E-state index >= 15 is 0 Å². The largest absolute Gasteiger partial charge is 0.313 e. The van der Waals surface area contributed by atoms with Crippen LogP contribution in [-0.4, -0.2) is 43.6 Å². The van der Waals surface area contributed by atoms with Crippen LogP contribution in [0.15, 0.2) is 0 Å². The van der Waals surface area contributed by atoms with Crippen LogP contribution in [0.4, 0.5) is 0 Å². The van der Waals surface area contributed by atoms with E-state index in [9.17, 15) is 8.42 Å². The highest BCUT2D eigenvalue weighted by molar-refractivity contribution is 7.89. The predicted molar refractivity (Wildman–Crippen MR) is 73.7 cm³/mol. The molecule has 0 saturated heterocycles. The summed E-state index contributed by atoms with van der Waals surface area (Å²) in [7, 11) is -3.15. The number of hydrogen-bond donors (Lipinski definition) is 1. The molecule has 0 saturated carbocycles. The average molecular weight is 264 g/mol. The standard InChI is InChI=1S/C12H28N2O2S/c1-6-8-9-14(7-2)17(15,16)12(5)10-13-11(3)4/h11-13H,6-10H2,1-5H3. The quantitative estimate of drug-likeness (QED) is 0.691. The van der Waals surface area contributed by atoms with E-state index in [0.717, 1.165) is 12.8 Å². The highest BCUT2D eigenvalue weighted by atomic mass is 32.2. The maximum absolute atomic E-state index is 12.3. The Kier molecular flexibility index (Phi) is 8.00. The van der Waals surface area contributed by atoms with Crippen molar-refractivity contribution in [3.63, 3.8) is 0 Å². The lowest BCUT2D eigenvalue weighted by atomic mass is 10.3. The normalized spacial score (nSPS) is 14.5. The van der Waals surface area contributed by atoms with Crippen LogP contribution >= 0.6 is 0 Å². The smallest absolute Gasteiger partial charge is 0.217 e. The lowest BCUT2D eigenvalue weighted by Gasteiger charge is -2.25. The van der Waals surface area contributed by atoms with Crippen LogP contribution in [0.3, 0.4) is 0 Å². The second-order valence-corrected chi connectivity index (χ2v) is 7.11. The molecular weight excluding hydrogens is 236 g/mol. The molecule has 104 valence electrons. The van der Waals surface area contributed by atoms with Gasteiger partial charge in [-0.25, -0.2) is 12.7 Å². The molecule has 0 aromatic rings. The SMILES string of the molecule is CCCCN(CC)S(=O)(=O)C(C)CNC(C)C. The predicted octanol–water partition coefficient (Wildman–Crippen LogP) is 1.82. The number of hydrogen-bond acceptors (Lipinski definition) is 3. The second kappa shape index (κ2) is 8.06. The van der Waals surface area contributed by atoms with E-state index in [1.807, 2.05) is 20.8 Å². The molecule has 0 fully saturated rings. The van der Waals surface area contributed by atoms with Gasteiger partial charge in [0.2, 0.25) is 10.0 Å². The summed E-state index contributed by atoms with van der Waals surface area (Å²) in [5.74, 6) is 0. The van der Waals surface area contributed by atoms with Gasteiger partial charge in [-0.1, -0.05) is 34.1 Å². The van der Waals surface area contributed by atoms with Crippen LogP contribution in [0.1, 0.15) is 47.5 Å². The van der Waals surface area contributed by atoms with Gasteiger partial charge in [0.1, 0.15) is 0 Å². The minimum absolute atomic E-state index is 0.318. The van der Waals surface area contributed by atoms with Crippen molar-refractivity contribution in [2.24, 2.45) is 0 Å². The lowest BCUT2D eigenvalue weighted by molar-refractivity contribution is 0.409. The topological polar surface area (TPSA) is 49.4 Å². The highest BCUT2D eigenvalue weighted by Gasteiger charge is 2.26. The Bertz CT molecular complexity index is 289. The third kappa shape index (κ3) is 5.84. The Morgan fingerprint density at radius 3 is 2.18 bits per heavy atom. The van der Waals surface area contributed by atoms with Gasteiger partial charge in [0.25, 0.3) is 0 Å². The van der Waals surface area contributed by atoms with E-state index in [4.69, 9.17) is 0 Å². The maximum Gasteiger partial charge on any atom is 0.217 e. The van der Waals surface area contributed by atoms with E-state index in [-0.39, 0.29) is 5.25 Å². The van der Waals surface area contributed by atoms with Crippen molar-refractivity contribution in [2.75, 3.05) is 19.6 Å². The molecule has 17 heavy (non-hydrogen) atoms. The zero-order valence-electron chi connectivity index (χ0n) is 11.9. The molecule has 0 radical (unpaired) electrons. The molecule has 0 spiro atoms. The van der Waals surface area contributed by atoms with Gasteiger partial charge in [0.05, 0.1) is 5.25 Å². The van der Waals surface area contributed by atoms with Gasteiger partial charge in [-0.2, -0.15) is 0 Å². The van der Waals surface area contributed by atoms with Crippen molar-refractivity contribution in [1.82, 2.24) is 9.62 Å². The summed E-state index contributed by atoms with van der Waals surface area (Å²) in [5, 5.41) is 2.82. The Labute approximate surface area is 107 Å². The van der Waals surface area contributed by atoms with Gasteiger partial charge in [-0.3, -0.25) is 0 Å². The number of rotatable bonds is 9. The first-order chi connectivity index (χ1) is 7.86. The highest BCUT2D eigenvalue weighted by Crippen LogP contribution is 2.10. The maximum atomic E-state index is 12.3. The Hall–Kier alpha value is -0.130. The molecule has 0 aromatic heterocycles. The first-order valence-corrected chi connectivity index (χ1v) is 8.08. The molecule has 5 heteroatoms. The first-order valence-electron chi connectivity index (χ1n) is 6.58. The van der Waals surface area contributed by atoms with E-state index in [2.05, 4.69) is 12.2 Å². The molecule has 0 aliphatic heterocycles. The molecule has 1 atom stereocenters. The summed E-state index contributed by atoms with van der Waals surface area (Å²) >= 11 is 0. The van der Waals surface area contributed by atoms with Crippen LogP contribution < -0.4 is 5.32 Å².